The van der Waals surface area contributed by atoms with Gasteiger partial charge in [-0.05, 0) is 24.6 Å². The molecule has 0 radical (unpaired) electrons. The van der Waals surface area contributed by atoms with Crippen LogP contribution in [-0.2, 0) is 0 Å². The highest BCUT2D eigenvalue weighted by Gasteiger charge is 2.13. The molecule has 0 bridgehead atoms. The minimum Gasteiger partial charge on any atom is -0.393 e. The average Bonchev–Trinajstić information content (AvgIpc) is 2.15. The van der Waals surface area contributed by atoms with Gasteiger partial charge in [0.2, 0.25) is 0 Å². The van der Waals surface area contributed by atoms with Crippen molar-refractivity contribution in [3.05, 3.63) is 39.4 Å². The van der Waals surface area contributed by atoms with Crippen LogP contribution >= 0.6 is 0 Å². The summed E-state index contributed by atoms with van der Waals surface area (Å²) in [6.07, 6.45) is -0.977. The highest BCUT2D eigenvalue weighted by Crippen LogP contribution is 2.22. The molecule has 1 aromatic carbocycles. The first-order valence-electron chi connectivity index (χ1n) is 4.10. The Hall–Kier alpha value is -1.46. The molecule has 1 atom stereocenters. The third-order valence-electron chi connectivity index (χ3n) is 1.98. The fourth-order valence-electron chi connectivity index (χ4n) is 1.20. The monoisotopic (exact) mass is 197 g/mol. The van der Waals surface area contributed by atoms with Crippen LogP contribution in [0.15, 0.2) is 18.2 Å². The zero-order valence-electron chi connectivity index (χ0n) is 7.67. The van der Waals surface area contributed by atoms with Crippen LogP contribution in [0.1, 0.15) is 17.2 Å². The SMILES string of the molecule is Cc1cc([C@H](O)CO)ccc1[N+](=O)[O-]. The van der Waals surface area contributed by atoms with Crippen molar-refractivity contribution in [2.24, 2.45) is 0 Å². The Labute approximate surface area is 80.8 Å². The minimum absolute atomic E-state index is 0.0129. The smallest absolute Gasteiger partial charge is 0.272 e. The highest BCUT2D eigenvalue weighted by atomic mass is 16.6. The van der Waals surface area contributed by atoms with Gasteiger partial charge in [-0.25, -0.2) is 0 Å². The molecule has 0 amide bonds. The van der Waals surface area contributed by atoms with E-state index in [9.17, 15) is 15.2 Å². The molecule has 0 spiro atoms. The third kappa shape index (κ3) is 2.07. The van der Waals surface area contributed by atoms with E-state index in [1.165, 1.54) is 18.2 Å². The summed E-state index contributed by atoms with van der Waals surface area (Å²) < 4.78 is 0. The van der Waals surface area contributed by atoms with E-state index in [0.717, 1.165) is 0 Å². The highest BCUT2D eigenvalue weighted by molar-refractivity contribution is 5.42. The van der Waals surface area contributed by atoms with Crippen LogP contribution in [-0.4, -0.2) is 21.7 Å². The Morgan fingerprint density at radius 1 is 1.57 bits per heavy atom. The Morgan fingerprint density at radius 3 is 2.64 bits per heavy atom. The van der Waals surface area contributed by atoms with Crippen molar-refractivity contribution in [2.75, 3.05) is 6.61 Å². The maximum absolute atomic E-state index is 10.5. The molecular formula is C9H11NO4. The summed E-state index contributed by atoms with van der Waals surface area (Å²) in [5.74, 6) is 0. The van der Waals surface area contributed by atoms with Crippen LogP contribution in [0.5, 0.6) is 0 Å². The summed E-state index contributed by atoms with van der Waals surface area (Å²) in [5, 5.41) is 28.4. The fourth-order valence-corrected chi connectivity index (χ4v) is 1.20. The number of nitro benzene ring substituents is 1. The van der Waals surface area contributed by atoms with Gasteiger partial charge in [0.1, 0.15) is 6.10 Å². The van der Waals surface area contributed by atoms with Crippen molar-refractivity contribution in [1.82, 2.24) is 0 Å². The van der Waals surface area contributed by atoms with Gasteiger partial charge >= 0.3 is 0 Å². The summed E-state index contributed by atoms with van der Waals surface area (Å²) in [6.45, 7) is 1.20. The number of aliphatic hydroxyl groups excluding tert-OH is 2. The van der Waals surface area contributed by atoms with Gasteiger partial charge in [-0.2, -0.15) is 0 Å². The molecule has 5 nitrogen and oxygen atoms in total. The van der Waals surface area contributed by atoms with E-state index in [-0.39, 0.29) is 5.69 Å². The van der Waals surface area contributed by atoms with E-state index in [4.69, 9.17) is 5.11 Å². The van der Waals surface area contributed by atoms with Crippen LogP contribution in [0.25, 0.3) is 0 Å². The number of aryl methyl sites for hydroxylation is 1. The fraction of sp³-hybridized carbons (Fsp3) is 0.333. The first-order valence-corrected chi connectivity index (χ1v) is 4.10. The van der Waals surface area contributed by atoms with Crippen molar-refractivity contribution in [3.63, 3.8) is 0 Å². The Kier molecular flexibility index (Phi) is 3.16. The lowest BCUT2D eigenvalue weighted by atomic mass is 10.1. The number of hydrogen-bond acceptors (Lipinski definition) is 4. The van der Waals surface area contributed by atoms with E-state index in [1.807, 2.05) is 0 Å². The molecule has 0 aliphatic heterocycles. The Bertz CT molecular complexity index is 351. The first kappa shape index (κ1) is 10.6. The predicted molar refractivity (Wildman–Crippen MR) is 49.9 cm³/mol. The van der Waals surface area contributed by atoms with Crippen molar-refractivity contribution in [1.29, 1.82) is 0 Å². The predicted octanol–water partition coefficient (Wildman–Crippen LogP) is 0.929. The van der Waals surface area contributed by atoms with Crippen molar-refractivity contribution in [2.45, 2.75) is 13.0 Å². The standard InChI is InChI=1S/C9H11NO4/c1-6-4-7(9(12)5-11)2-3-8(6)10(13)14/h2-4,9,11-12H,5H2,1H3/t9-/m1/s1. The second kappa shape index (κ2) is 4.17. The zero-order chi connectivity index (χ0) is 10.7. The number of aliphatic hydroxyl groups is 2. The molecule has 0 unspecified atom stereocenters. The molecule has 0 saturated carbocycles. The van der Waals surface area contributed by atoms with Gasteiger partial charge in [0.25, 0.3) is 5.69 Å². The van der Waals surface area contributed by atoms with Gasteiger partial charge in [-0.3, -0.25) is 10.1 Å². The number of rotatable bonds is 3. The second-order valence-corrected chi connectivity index (χ2v) is 3.00. The van der Waals surface area contributed by atoms with E-state index < -0.39 is 17.6 Å². The molecule has 1 rings (SSSR count). The number of nitrogens with zero attached hydrogens (tertiary/aromatic N) is 1. The quantitative estimate of drug-likeness (QED) is 0.557. The maximum Gasteiger partial charge on any atom is 0.272 e. The molecule has 2 N–H and O–H groups in total. The average molecular weight is 197 g/mol. The van der Waals surface area contributed by atoms with Gasteiger partial charge in [0.15, 0.2) is 0 Å². The lowest BCUT2D eigenvalue weighted by Gasteiger charge is -2.07. The van der Waals surface area contributed by atoms with Gasteiger partial charge in [-0.15, -0.1) is 0 Å². The molecule has 0 saturated heterocycles. The third-order valence-corrected chi connectivity index (χ3v) is 1.98. The van der Waals surface area contributed by atoms with Crippen LogP contribution in [0, 0.1) is 17.0 Å². The van der Waals surface area contributed by atoms with Crippen LogP contribution in [0.2, 0.25) is 0 Å². The summed E-state index contributed by atoms with van der Waals surface area (Å²) in [5.41, 5.74) is 0.967. The summed E-state index contributed by atoms with van der Waals surface area (Å²) in [6, 6.07) is 4.26. The molecule has 0 aliphatic rings. The van der Waals surface area contributed by atoms with Gasteiger partial charge in [-0.1, -0.05) is 0 Å². The molecule has 0 fully saturated rings. The van der Waals surface area contributed by atoms with E-state index in [1.54, 1.807) is 6.92 Å². The Morgan fingerprint density at radius 2 is 2.21 bits per heavy atom. The van der Waals surface area contributed by atoms with Gasteiger partial charge in [0.05, 0.1) is 11.5 Å². The molecular weight excluding hydrogens is 186 g/mol. The van der Waals surface area contributed by atoms with E-state index in [2.05, 4.69) is 0 Å². The Balaban J connectivity index is 3.06. The van der Waals surface area contributed by atoms with Crippen LogP contribution in [0.4, 0.5) is 5.69 Å². The molecule has 5 heteroatoms. The second-order valence-electron chi connectivity index (χ2n) is 3.00. The number of benzene rings is 1. The van der Waals surface area contributed by atoms with Gasteiger partial charge in [0, 0.05) is 11.6 Å². The molecule has 0 aliphatic carbocycles. The molecule has 1 aromatic rings. The lowest BCUT2D eigenvalue weighted by molar-refractivity contribution is -0.385. The normalized spacial score (nSPS) is 12.5. The van der Waals surface area contributed by atoms with Gasteiger partial charge < -0.3 is 10.2 Å². The van der Waals surface area contributed by atoms with Crippen molar-refractivity contribution < 1.29 is 15.1 Å². The van der Waals surface area contributed by atoms with Crippen molar-refractivity contribution in [3.8, 4) is 0 Å². The minimum atomic E-state index is -0.977. The summed E-state index contributed by atoms with van der Waals surface area (Å²) >= 11 is 0. The summed E-state index contributed by atoms with van der Waals surface area (Å²) in [4.78, 5) is 9.98. The maximum atomic E-state index is 10.5. The molecule has 14 heavy (non-hydrogen) atoms. The molecule has 0 aromatic heterocycles. The topological polar surface area (TPSA) is 83.6 Å². The summed E-state index contributed by atoms with van der Waals surface area (Å²) in [7, 11) is 0. The van der Waals surface area contributed by atoms with E-state index >= 15 is 0 Å². The van der Waals surface area contributed by atoms with E-state index in [0.29, 0.717) is 11.1 Å². The van der Waals surface area contributed by atoms with Crippen LogP contribution < -0.4 is 0 Å². The largest absolute Gasteiger partial charge is 0.393 e. The zero-order valence-corrected chi connectivity index (χ0v) is 7.67. The molecule has 76 valence electrons. The molecule has 0 heterocycles. The van der Waals surface area contributed by atoms with Crippen molar-refractivity contribution >= 4 is 5.69 Å². The first-order chi connectivity index (χ1) is 6.56. The number of nitro groups is 1. The number of hydrogen-bond donors (Lipinski definition) is 2. The van der Waals surface area contributed by atoms with Crippen LogP contribution in [0.3, 0.4) is 0 Å². The lowest BCUT2D eigenvalue weighted by Crippen LogP contribution is -2.03.